The molecule has 0 aliphatic heterocycles. The van der Waals surface area contributed by atoms with Gasteiger partial charge in [-0.05, 0) is 27.7 Å². The third-order valence-electron chi connectivity index (χ3n) is 2.74. The van der Waals surface area contributed by atoms with Crippen LogP contribution < -0.4 is 0 Å². The monoisotopic (exact) mass is 338 g/mol. The van der Waals surface area contributed by atoms with E-state index in [9.17, 15) is 9.59 Å². The fourth-order valence-electron chi connectivity index (χ4n) is 1.52. The van der Waals surface area contributed by atoms with E-state index in [2.05, 4.69) is 25.3 Å². The second kappa shape index (κ2) is 9.58. The zero-order valence-electron chi connectivity index (χ0n) is 13.2. The van der Waals surface area contributed by atoms with E-state index < -0.39 is 11.2 Å². The Bertz CT molecular complexity index is 310. The van der Waals surface area contributed by atoms with Gasteiger partial charge in [0.15, 0.2) is 0 Å². The van der Waals surface area contributed by atoms with Crippen molar-refractivity contribution in [2.75, 3.05) is 24.7 Å². The van der Waals surface area contributed by atoms with Gasteiger partial charge >= 0.3 is 11.9 Å². The van der Waals surface area contributed by atoms with Crippen molar-refractivity contribution >= 4 is 37.2 Å². The number of hydrogen-bond donors (Lipinski definition) is 2. The fraction of sp³-hybridized carbons (Fsp3) is 0.857. The molecule has 5 nitrogen and oxygen atoms in total. The van der Waals surface area contributed by atoms with Crippen LogP contribution in [0.2, 0.25) is 0 Å². The molecular formula is C14H26O5S2. The SMILES string of the molecule is CC(C)(CCOCCC(C)(C)OC(=O)CS)OC(=O)CS. The number of hydrogen-bond acceptors (Lipinski definition) is 7. The highest BCUT2D eigenvalue weighted by atomic mass is 32.1. The van der Waals surface area contributed by atoms with Gasteiger partial charge in [0.25, 0.3) is 0 Å². The summed E-state index contributed by atoms with van der Waals surface area (Å²) in [6.45, 7) is 8.24. The van der Waals surface area contributed by atoms with E-state index in [1.54, 1.807) is 0 Å². The molecule has 0 atom stereocenters. The summed E-state index contributed by atoms with van der Waals surface area (Å²) in [6, 6.07) is 0. The lowest BCUT2D eigenvalue weighted by molar-refractivity contribution is -0.155. The molecule has 0 N–H and O–H groups in total. The molecule has 124 valence electrons. The third kappa shape index (κ3) is 10.9. The molecule has 0 aliphatic rings. The maximum absolute atomic E-state index is 11.2. The minimum atomic E-state index is -0.576. The standard InChI is InChI=1S/C14H26O5S2/c1-13(2,18-11(15)9-20)5-7-17-8-6-14(3,4)19-12(16)10-21/h20-21H,5-10H2,1-4H3. The average molecular weight is 338 g/mol. The lowest BCUT2D eigenvalue weighted by Gasteiger charge is -2.26. The van der Waals surface area contributed by atoms with Crippen molar-refractivity contribution in [2.45, 2.75) is 51.7 Å². The van der Waals surface area contributed by atoms with Gasteiger partial charge in [0.2, 0.25) is 0 Å². The second-order valence-electron chi connectivity index (χ2n) is 5.90. The van der Waals surface area contributed by atoms with Crippen LogP contribution in [0.5, 0.6) is 0 Å². The molecule has 0 unspecified atom stereocenters. The first-order chi connectivity index (χ1) is 9.62. The lowest BCUT2D eigenvalue weighted by Crippen LogP contribution is -2.32. The molecule has 0 amide bonds. The van der Waals surface area contributed by atoms with Gasteiger partial charge in [-0.25, -0.2) is 0 Å². The largest absolute Gasteiger partial charge is 0.459 e. The van der Waals surface area contributed by atoms with Crippen LogP contribution in [0.4, 0.5) is 0 Å². The predicted molar refractivity (Wildman–Crippen MR) is 88.1 cm³/mol. The zero-order chi connectivity index (χ0) is 16.5. The van der Waals surface area contributed by atoms with Gasteiger partial charge in [0.05, 0.1) is 24.7 Å². The highest BCUT2D eigenvalue weighted by Crippen LogP contribution is 2.17. The Kier molecular flexibility index (Phi) is 9.40. The Morgan fingerprint density at radius 2 is 1.14 bits per heavy atom. The summed E-state index contributed by atoms with van der Waals surface area (Å²) >= 11 is 7.73. The van der Waals surface area contributed by atoms with E-state index in [4.69, 9.17) is 14.2 Å². The van der Waals surface area contributed by atoms with Gasteiger partial charge in [0.1, 0.15) is 11.2 Å². The molecular weight excluding hydrogens is 312 g/mol. The summed E-state index contributed by atoms with van der Waals surface area (Å²) in [5.74, 6) is -0.560. The zero-order valence-corrected chi connectivity index (χ0v) is 15.0. The van der Waals surface area contributed by atoms with Crippen LogP contribution in [-0.2, 0) is 23.8 Å². The summed E-state index contributed by atoms with van der Waals surface area (Å²) in [6.07, 6.45) is 1.17. The second-order valence-corrected chi connectivity index (χ2v) is 6.53. The molecule has 0 radical (unpaired) electrons. The van der Waals surface area contributed by atoms with Crippen LogP contribution in [0.15, 0.2) is 0 Å². The van der Waals surface area contributed by atoms with E-state index in [1.165, 1.54) is 0 Å². The van der Waals surface area contributed by atoms with Crippen molar-refractivity contribution in [1.82, 2.24) is 0 Å². The minimum absolute atomic E-state index is 0.0645. The molecule has 0 aromatic rings. The van der Waals surface area contributed by atoms with Gasteiger partial charge in [-0.1, -0.05) is 0 Å². The maximum atomic E-state index is 11.2. The normalized spacial score (nSPS) is 12.1. The summed E-state index contributed by atoms with van der Waals surface area (Å²) in [5.41, 5.74) is -1.15. The van der Waals surface area contributed by atoms with Crippen molar-refractivity contribution in [3.63, 3.8) is 0 Å². The van der Waals surface area contributed by atoms with Crippen LogP contribution >= 0.6 is 25.3 Å². The first-order valence-electron chi connectivity index (χ1n) is 6.85. The van der Waals surface area contributed by atoms with Crippen molar-refractivity contribution < 1.29 is 23.8 Å². The van der Waals surface area contributed by atoms with Crippen LogP contribution in [0, 0.1) is 0 Å². The van der Waals surface area contributed by atoms with Gasteiger partial charge in [-0.3, -0.25) is 9.59 Å². The molecule has 7 heteroatoms. The molecule has 0 spiro atoms. The molecule has 0 saturated heterocycles. The molecule has 0 aromatic heterocycles. The van der Waals surface area contributed by atoms with Crippen LogP contribution in [-0.4, -0.2) is 47.9 Å². The average Bonchev–Trinajstić information content (AvgIpc) is 2.36. The van der Waals surface area contributed by atoms with Gasteiger partial charge in [0, 0.05) is 12.8 Å². The number of thiol groups is 2. The lowest BCUT2D eigenvalue weighted by atomic mass is 10.1. The highest BCUT2D eigenvalue weighted by Gasteiger charge is 2.24. The Balaban J connectivity index is 3.90. The molecule has 0 rings (SSSR count). The first-order valence-corrected chi connectivity index (χ1v) is 8.11. The van der Waals surface area contributed by atoms with Crippen molar-refractivity contribution in [1.29, 1.82) is 0 Å². The van der Waals surface area contributed by atoms with Crippen LogP contribution in [0.1, 0.15) is 40.5 Å². The van der Waals surface area contributed by atoms with E-state index in [0.29, 0.717) is 26.1 Å². The number of rotatable bonds is 10. The Morgan fingerprint density at radius 1 is 0.810 bits per heavy atom. The van der Waals surface area contributed by atoms with E-state index in [1.807, 2.05) is 27.7 Å². The molecule has 0 heterocycles. The smallest absolute Gasteiger partial charge is 0.316 e. The number of carbonyl (C=O) groups is 2. The third-order valence-corrected chi connectivity index (χ3v) is 3.25. The van der Waals surface area contributed by atoms with Gasteiger partial charge in [-0.2, -0.15) is 25.3 Å². The summed E-state index contributed by atoms with van der Waals surface area (Å²) < 4.78 is 16.0. The Morgan fingerprint density at radius 3 is 1.43 bits per heavy atom. The molecule has 0 aromatic carbocycles. The maximum Gasteiger partial charge on any atom is 0.316 e. The van der Waals surface area contributed by atoms with Crippen molar-refractivity contribution in [3.05, 3.63) is 0 Å². The van der Waals surface area contributed by atoms with E-state index in [-0.39, 0.29) is 23.4 Å². The van der Waals surface area contributed by atoms with Crippen molar-refractivity contribution in [2.24, 2.45) is 0 Å². The number of carbonyl (C=O) groups excluding carboxylic acids is 2. The summed E-state index contributed by atoms with van der Waals surface area (Å²) in [5, 5.41) is 0. The van der Waals surface area contributed by atoms with Crippen LogP contribution in [0.3, 0.4) is 0 Å². The van der Waals surface area contributed by atoms with Crippen molar-refractivity contribution in [3.8, 4) is 0 Å². The molecule has 21 heavy (non-hydrogen) atoms. The number of ether oxygens (including phenoxy) is 3. The van der Waals surface area contributed by atoms with Crippen LogP contribution in [0.25, 0.3) is 0 Å². The molecule has 0 bridgehead atoms. The highest BCUT2D eigenvalue weighted by molar-refractivity contribution is 7.81. The fourth-order valence-corrected chi connectivity index (χ4v) is 1.65. The number of esters is 2. The molecule has 0 fully saturated rings. The summed E-state index contributed by atoms with van der Waals surface area (Å²) in [7, 11) is 0. The first kappa shape index (κ1) is 20.6. The molecule has 0 saturated carbocycles. The van der Waals surface area contributed by atoms with Gasteiger partial charge in [-0.15, -0.1) is 0 Å². The topological polar surface area (TPSA) is 61.8 Å². The van der Waals surface area contributed by atoms with E-state index >= 15 is 0 Å². The van der Waals surface area contributed by atoms with E-state index in [0.717, 1.165) is 0 Å². The summed E-state index contributed by atoms with van der Waals surface area (Å²) in [4.78, 5) is 22.4. The quantitative estimate of drug-likeness (QED) is 0.363. The van der Waals surface area contributed by atoms with Gasteiger partial charge < -0.3 is 14.2 Å². The molecule has 0 aliphatic carbocycles. The predicted octanol–water partition coefficient (Wildman–Crippen LogP) is 2.29. The Labute approximate surface area is 137 Å². The minimum Gasteiger partial charge on any atom is -0.459 e. The Hall–Kier alpha value is -0.400.